The Bertz CT molecular complexity index is 1550. The summed E-state index contributed by atoms with van der Waals surface area (Å²) in [6, 6.07) is 11.7. The number of nitrogens with zero attached hydrogens (tertiary/aromatic N) is 2. The van der Waals surface area contributed by atoms with Crippen LogP contribution in [0.1, 0.15) is 48.0 Å². The first-order chi connectivity index (χ1) is 19.2. The van der Waals surface area contributed by atoms with E-state index in [0.29, 0.717) is 23.4 Å². The molecule has 3 aromatic rings. The average Bonchev–Trinajstić information content (AvgIpc) is 2.88. The summed E-state index contributed by atoms with van der Waals surface area (Å²) in [4.78, 5) is 39.0. The van der Waals surface area contributed by atoms with Crippen molar-refractivity contribution in [3.8, 4) is 5.75 Å². The average molecular weight is 586 g/mol. The summed E-state index contributed by atoms with van der Waals surface area (Å²) >= 11 is 0.537. The van der Waals surface area contributed by atoms with Crippen LogP contribution in [0.2, 0.25) is 0 Å². The first-order valence-corrected chi connectivity index (χ1v) is 13.0. The van der Waals surface area contributed by atoms with Crippen molar-refractivity contribution in [3.63, 3.8) is 0 Å². The van der Waals surface area contributed by atoms with Crippen molar-refractivity contribution < 1.29 is 27.8 Å². The first-order valence-electron chi connectivity index (χ1n) is 12.2. The Hall–Kier alpha value is -4.52. The minimum Gasteiger partial charge on any atom is -0.482 e. The van der Waals surface area contributed by atoms with Crippen LogP contribution >= 0.6 is 11.8 Å². The number of nitrogens with two attached hydrogens (primary N) is 1. The molecule has 0 aliphatic rings. The lowest BCUT2D eigenvalue weighted by molar-refractivity contribution is 0.0548. The van der Waals surface area contributed by atoms with E-state index in [1.54, 1.807) is 51.1 Å². The predicted molar refractivity (Wildman–Crippen MR) is 153 cm³/mol. The third kappa shape index (κ3) is 8.01. The summed E-state index contributed by atoms with van der Waals surface area (Å²) in [7, 11) is 1.27. The summed E-state index contributed by atoms with van der Waals surface area (Å²) in [5.74, 6) is -3.24. The topological polar surface area (TPSA) is 152 Å². The molecule has 0 spiro atoms. The molecule has 3 rings (SSSR count). The van der Waals surface area contributed by atoms with Crippen LogP contribution in [0.25, 0.3) is 0 Å². The number of hydrogen-bond donors (Lipinski definition) is 3. The Morgan fingerprint density at radius 1 is 1.10 bits per heavy atom. The molecule has 0 aliphatic heterocycles. The minimum atomic E-state index is -1.09. The summed E-state index contributed by atoms with van der Waals surface area (Å²) in [6.45, 7) is 4.78. The highest BCUT2D eigenvalue weighted by atomic mass is 32.2. The van der Waals surface area contributed by atoms with Crippen LogP contribution in [0.5, 0.6) is 5.75 Å². The summed E-state index contributed by atoms with van der Waals surface area (Å²) < 4.78 is 39.4. The molecule has 10 nitrogen and oxygen atoms in total. The van der Waals surface area contributed by atoms with Gasteiger partial charge in [0.15, 0.2) is 11.4 Å². The lowest BCUT2D eigenvalue weighted by Gasteiger charge is -2.28. The SMILES string of the molecule is CN(C(=O)OC(C)(C)C)n1cc(C(=N)SC(=N)Cc2ccc(F)cc2F)c(=O)c(OCc2ccccc2)c1C(N)=O. The fourth-order valence-corrected chi connectivity index (χ4v) is 4.26. The second-order valence-corrected chi connectivity index (χ2v) is 10.9. The zero-order valence-corrected chi connectivity index (χ0v) is 23.6. The molecule has 13 heteroatoms. The van der Waals surface area contributed by atoms with Gasteiger partial charge in [-0.25, -0.2) is 23.3 Å². The van der Waals surface area contributed by atoms with E-state index >= 15 is 0 Å². The number of rotatable bonds is 8. The van der Waals surface area contributed by atoms with E-state index in [1.807, 2.05) is 0 Å². The number of carbonyl (C=O) groups excluding carboxylic acids is 2. The minimum absolute atomic E-state index is 0.0229. The highest BCUT2D eigenvalue weighted by Gasteiger charge is 2.29. The normalized spacial score (nSPS) is 11.1. The number of pyridine rings is 1. The molecule has 0 fully saturated rings. The molecule has 0 saturated heterocycles. The van der Waals surface area contributed by atoms with E-state index in [4.69, 9.17) is 26.0 Å². The van der Waals surface area contributed by atoms with Crippen molar-refractivity contribution in [2.45, 2.75) is 39.4 Å². The Morgan fingerprint density at radius 3 is 2.34 bits per heavy atom. The largest absolute Gasteiger partial charge is 0.482 e. The highest BCUT2D eigenvalue weighted by molar-refractivity contribution is 8.26. The maximum atomic E-state index is 14.1. The first kappa shape index (κ1) is 31.0. The fraction of sp³-hybridized carbons (Fsp3) is 0.250. The number of primary amides is 1. The van der Waals surface area contributed by atoms with Gasteiger partial charge in [0.25, 0.3) is 5.91 Å². The molecule has 2 amide bonds. The molecular formula is C28H29F2N5O5S. The van der Waals surface area contributed by atoms with Gasteiger partial charge >= 0.3 is 6.09 Å². The molecule has 0 unspecified atom stereocenters. The van der Waals surface area contributed by atoms with Crippen molar-refractivity contribution in [1.29, 1.82) is 10.8 Å². The third-order valence-electron chi connectivity index (χ3n) is 5.42. The van der Waals surface area contributed by atoms with Gasteiger partial charge in [-0.15, -0.1) is 0 Å². The number of nitrogens with one attached hydrogen (secondary N) is 2. The highest BCUT2D eigenvalue weighted by Crippen LogP contribution is 2.22. The monoisotopic (exact) mass is 585 g/mol. The van der Waals surface area contributed by atoms with Gasteiger partial charge in [-0.05, 0) is 38.0 Å². The number of amides is 2. The maximum Gasteiger partial charge on any atom is 0.429 e. The molecule has 0 bridgehead atoms. The zero-order chi connectivity index (χ0) is 30.5. The molecule has 1 aromatic heterocycles. The van der Waals surface area contributed by atoms with Crippen molar-refractivity contribution in [2.24, 2.45) is 5.73 Å². The number of thioether (sulfide) groups is 1. The second-order valence-electron chi connectivity index (χ2n) is 9.80. The molecule has 0 atom stereocenters. The van der Waals surface area contributed by atoms with Gasteiger partial charge in [-0.2, -0.15) is 0 Å². The predicted octanol–water partition coefficient (Wildman–Crippen LogP) is 4.59. The molecule has 0 aliphatic carbocycles. The molecule has 2 aromatic carbocycles. The molecule has 1 heterocycles. The third-order valence-corrected chi connectivity index (χ3v) is 6.24. The number of carbonyl (C=O) groups is 2. The summed E-state index contributed by atoms with van der Waals surface area (Å²) in [6.07, 6.45) is -0.132. The van der Waals surface area contributed by atoms with Gasteiger partial charge in [0, 0.05) is 25.7 Å². The Morgan fingerprint density at radius 2 is 1.76 bits per heavy atom. The van der Waals surface area contributed by atoms with Crippen LogP contribution in [0.3, 0.4) is 0 Å². The molecular weight excluding hydrogens is 556 g/mol. The number of hydrogen-bond acceptors (Lipinski definition) is 8. The maximum absolute atomic E-state index is 14.1. The van der Waals surface area contributed by atoms with E-state index < -0.39 is 51.2 Å². The van der Waals surface area contributed by atoms with Crippen molar-refractivity contribution in [1.82, 2.24) is 4.68 Å². The van der Waals surface area contributed by atoms with E-state index in [0.717, 1.165) is 21.9 Å². The number of ether oxygens (including phenoxy) is 2. The second kappa shape index (κ2) is 12.8. The van der Waals surface area contributed by atoms with Crippen molar-refractivity contribution in [3.05, 3.63) is 99.0 Å². The van der Waals surface area contributed by atoms with Crippen molar-refractivity contribution in [2.75, 3.05) is 12.1 Å². The number of benzene rings is 2. The van der Waals surface area contributed by atoms with E-state index in [2.05, 4.69) is 0 Å². The van der Waals surface area contributed by atoms with Gasteiger partial charge in [0.2, 0.25) is 5.43 Å². The Labute approximate surface area is 239 Å². The molecule has 41 heavy (non-hydrogen) atoms. The van der Waals surface area contributed by atoms with E-state index in [9.17, 15) is 23.2 Å². The van der Waals surface area contributed by atoms with Crippen LogP contribution in [0.4, 0.5) is 13.6 Å². The van der Waals surface area contributed by atoms with Gasteiger partial charge in [-0.3, -0.25) is 20.4 Å². The van der Waals surface area contributed by atoms with Crippen LogP contribution in [0, 0.1) is 22.5 Å². The number of halogens is 2. The summed E-state index contributed by atoms with van der Waals surface area (Å²) in [5, 5.41) is 17.0. The molecule has 0 radical (unpaired) electrons. The molecule has 216 valence electrons. The van der Waals surface area contributed by atoms with Crippen LogP contribution < -0.4 is 20.9 Å². The van der Waals surface area contributed by atoms with E-state index in [-0.39, 0.29) is 29.2 Å². The van der Waals surface area contributed by atoms with Crippen molar-refractivity contribution >= 4 is 33.8 Å². The smallest absolute Gasteiger partial charge is 0.429 e. The van der Waals surface area contributed by atoms with Gasteiger partial charge in [-0.1, -0.05) is 48.2 Å². The van der Waals surface area contributed by atoms with Gasteiger partial charge in [0.05, 0.1) is 10.6 Å². The fourth-order valence-electron chi connectivity index (χ4n) is 3.53. The molecule has 4 N–H and O–H groups in total. The van der Waals surface area contributed by atoms with Crippen LogP contribution in [-0.4, -0.2) is 39.4 Å². The quantitative estimate of drug-likeness (QED) is 0.260. The lowest BCUT2D eigenvalue weighted by Crippen LogP contribution is -2.44. The summed E-state index contributed by atoms with van der Waals surface area (Å²) in [5.41, 5.74) is 3.72. The van der Waals surface area contributed by atoms with E-state index in [1.165, 1.54) is 13.1 Å². The Balaban J connectivity index is 2.06. The van der Waals surface area contributed by atoms with Gasteiger partial charge < -0.3 is 15.2 Å². The van der Waals surface area contributed by atoms with Gasteiger partial charge in [0.1, 0.15) is 28.9 Å². The lowest BCUT2D eigenvalue weighted by atomic mass is 10.1. The van der Waals surface area contributed by atoms with Crippen LogP contribution in [0.15, 0.2) is 59.5 Å². The zero-order valence-electron chi connectivity index (χ0n) is 22.8. The Kier molecular flexibility index (Phi) is 9.66. The molecule has 0 saturated carbocycles. The van der Waals surface area contributed by atoms with Crippen LogP contribution in [-0.2, 0) is 17.8 Å². The standard InChI is InChI=1S/C28H29F2N5O5S/c1-28(2,3)40-27(38)34(4)35-14-19(26(33)41-21(31)12-17-10-11-18(29)13-20(17)30)23(36)24(22(35)25(32)37)39-15-16-8-6-5-7-9-16/h5-11,13-14,31,33H,12,15H2,1-4H3,(H2,32,37). The number of aromatic nitrogens is 1.